The molecule has 9 heteroatoms. The average molecular weight is 434 g/mol. The van der Waals surface area contributed by atoms with Gasteiger partial charge in [0.1, 0.15) is 0 Å². The number of aromatic nitrogens is 3. The van der Waals surface area contributed by atoms with E-state index in [4.69, 9.17) is 4.74 Å². The van der Waals surface area contributed by atoms with Crippen LogP contribution in [-0.2, 0) is 17.8 Å². The highest BCUT2D eigenvalue weighted by Crippen LogP contribution is 2.34. The fourth-order valence-electron chi connectivity index (χ4n) is 4.20. The van der Waals surface area contributed by atoms with Crippen molar-refractivity contribution >= 4 is 5.91 Å². The molecule has 7 nitrogen and oxygen atoms in total. The molecule has 0 bridgehead atoms. The number of benzene rings is 1. The third-order valence-electron chi connectivity index (χ3n) is 5.97. The van der Waals surface area contributed by atoms with Gasteiger partial charge in [-0.25, -0.2) is 8.78 Å². The van der Waals surface area contributed by atoms with Crippen LogP contribution in [0.4, 0.5) is 8.78 Å². The van der Waals surface area contributed by atoms with Crippen LogP contribution in [0.2, 0.25) is 0 Å². The highest BCUT2D eigenvalue weighted by molar-refractivity contribution is 5.91. The molecule has 2 fully saturated rings. The van der Waals surface area contributed by atoms with Gasteiger partial charge in [0.25, 0.3) is 11.8 Å². The summed E-state index contributed by atoms with van der Waals surface area (Å²) in [5.74, 6) is -2.51. The predicted molar refractivity (Wildman–Crippen MR) is 111 cm³/mol. The van der Waals surface area contributed by atoms with Gasteiger partial charge in [0.15, 0.2) is 5.69 Å². The lowest BCUT2D eigenvalue weighted by Crippen LogP contribution is -2.40. The third-order valence-corrected chi connectivity index (χ3v) is 5.97. The SMILES string of the molecule is CC(C)c1ccc(CN2CC(F)(F)C[C@H]2Cn2cc(C(=O)N3CCOCC3)nn2)cc1. The van der Waals surface area contributed by atoms with Crippen molar-refractivity contribution < 1.29 is 18.3 Å². The number of morpholine rings is 1. The highest BCUT2D eigenvalue weighted by Gasteiger charge is 2.45. The van der Waals surface area contributed by atoms with E-state index in [1.807, 2.05) is 12.1 Å². The Hall–Kier alpha value is -2.39. The van der Waals surface area contributed by atoms with Crippen molar-refractivity contribution in [2.24, 2.45) is 0 Å². The minimum absolute atomic E-state index is 0.201. The molecule has 0 radical (unpaired) electrons. The van der Waals surface area contributed by atoms with E-state index < -0.39 is 5.92 Å². The van der Waals surface area contributed by atoms with Crippen LogP contribution >= 0.6 is 0 Å². The van der Waals surface area contributed by atoms with Crippen LogP contribution in [0.1, 0.15) is 47.8 Å². The molecule has 2 saturated heterocycles. The van der Waals surface area contributed by atoms with E-state index in [1.54, 1.807) is 16.0 Å². The van der Waals surface area contributed by atoms with E-state index >= 15 is 0 Å². The van der Waals surface area contributed by atoms with Gasteiger partial charge in [-0.2, -0.15) is 0 Å². The van der Waals surface area contributed by atoms with E-state index in [9.17, 15) is 13.6 Å². The van der Waals surface area contributed by atoms with E-state index in [1.165, 1.54) is 10.2 Å². The molecule has 0 aliphatic carbocycles. The van der Waals surface area contributed by atoms with Crippen molar-refractivity contribution in [3.63, 3.8) is 0 Å². The molecule has 1 aromatic heterocycles. The van der Waals surface area contributed by atoms with Crippen LogP contribution < -0.4 is 0 Å². The molecular formula is C22H29F2N5O2. The lowest BCUT2D eigenvalue weighted by Gasteiger charge is -2.25. The zero-order chi connectivity index (χ0) is 22.0. The molecule has 2 aliphatic rings. The Labute approximate surface area is 181 Å². The van der Waals surface area contributed by atoms with Crippen LogP contribution in [0, 0.1) is 0 Å². The van der Waals surface area contributed by atoms with E-state index in [-0.39, 0.29) is 37.2 Å². The van der Waals surface area contributed by atoms with Crippen molar-refractivity contribution in [1.29, 1.82) is 0 Å². The number of carbonyl (C=O) groups excluding carboxylic acids is 1. The van der Waals surface area contributed by atoms with Crippen LogP contribution in [-0.4, -0.2) is 75.5 Å². The molecule has 2 aromatic rings. The first-order valence-electron chi connectivity index (χ1n) is 10.8. The third kappa shape index (κ3) is 5.27. The van der Waals surface area contributed by atoms with Crippen molar-refractivity contribution in [2.75, 3.05) is 32.8 Å². The van der Waals surface area contributed by atoms with Gasteiger partial charge in [-0.1, -0.05) is 43.3 Å². The minimum atomic E-state index is -2.74. The molecule has 0 unspecified atom stereocenters. The lowest BCUT2D eigenvalue weighted by atomic mass is 10.0. The number of halogens is 2. The fourth-order valence-corrected chi connectivity index (χ4v) is 4.20. The van der Waals surface area contributed by atoms with Crippen LogP contribution in [0.5, 0.6) is 0 Å². The summed E-state index contributed by atoms with van der Waals surface area (Å²) in [6, 6.07) is 7.76. The molecule has 3 heterocycles. The Morgan fingerprint density at radius 3 is 2.61 bits per heavy atom. The molecule has 2 aliphatic heterocycles. The summed E-state index contributed by atoms with van der Waals surface area (Å²) in [7, 11) is 0. The zero-order valence-electron chi connectivity index (χ0n) is 18.0. The average Bonchev–Trinajstić information content (AvgIpc) is 3.32. The molecule has 4 rings (SSSR count). The first-order valence-corrected chi connectivity index (χ1v) is 10.8. The summed E-state index contributed by atoms with van der Waals surface area (Å²) in [5.41, 5.74) is 2.48. The zero-order valence-corrected chi connectivity index (χ0v) is 18.0. The van der Waals surface area contributed by atoms with Gasteiger partial charge in [-0.05, 0) is 17.0 Å². The van der Waals surface area contributed by atoms with Gasteiger partial charge in [0.05, 0.1) is 32.5 Å². The second-order valence-corrected chi connectivity index (χ2v) is 8.75. The van der Waals surface area contributed by atoms with Crippen molar-refractivity contribution in [2.45, 2.75) is 51.2 Å². The van der Waals surface area contributed by atoms with Crippen LogP contribution in [0.3, 0.4) is 0 Å². The smallest absolute Gasteiger partial charge is 0.276 e. The standard InChI is InChI=1S/C22H29F2N5O2/c1-16(2)18-5-3-17(4-6-18)12-28-15-22(23,24)11-19(28)13-29-14-20(25-26-29)21(30)27-7-9-31-10-8-27/h3-6,14,16,19H,7-13,15H2,1-2H3/t19-/m0/s1. The second kappa shape index (κ2) is 9.00. The van der Waals surface area contributed by atoms with E-state index in [0.29, 0.717) is 38.8 Å². The van der Waals surface area contributed by atoms with Gasteiger partial charge in [0.2, 0.25) is 0 Å². The first-order chi connectivity index (χ1) is 14.8. The molecule has 1 aromatic carbocycles. The maximum Gasteiger partial charge on any atom is 0.276 e. The number of ether oxygens (including phenoxy) is 1. The molecule has 168 valence electrons. The molecule has 1 amide bonds. The summed E-state index contributed by atoms with van der Waals surface area (Å²) >= 11 is 0. The van der Waals surface area contributed by atoms with Gasteiger partial charge < -0.3 is 9.64 Å². The first kappa shape index (κ1) is 21.8. The summed E-state index contributed by atoms with van der Waals surface area (Å²) in [4.78, 5) is 16.0. The Morgan fingerprint density at radius 2 is 1.94 bits per heavy atom. The number of hydrogen-bond donors (Lipinski definition) is 0. The van der Waals surface area contributed by atoms with Gasteiger partial charge in [-0.3, -0.25) is 14.4 Å². The number of amides is 1. The Bertz CT molecular complexity index is 894. The van der Waals surface area contributed by atoms with E-state index in [2.05, 4.69) is 36.3 Å². The maximum atomic E-state index is 14.2. The second-order valence-electron chi connectivity index (χ2n) is 8.75. The van der Waals surface area contributed by atoms with Crippen LogP contribution in [0.25, 0.3) is 0 Å². The summed E-state index contributed by atoms with van der Waals surface area (Å²) in [5, 5.41) is 8.01. The Balaban J connectivity index is 1.42. The summed E-state index contributed by atoms with van der Waals surface area (Å²) < 4.78 is 35.2. The number of alkyl halides is 2. The maximum absolute atomic E-state index is 14.2. The topological polar surface area (TPSA) is 63.5 Å². The number of hydrogen-bond acceptors (Lipinski definition) is 5. The normalized spacial score (nSPS) is 21.7. The Morgan fingerprint density at radius 1 is 1.23 bits per heavy atom. The number of nitrogens with zero attached hydrogens (tertiary/aromatic N) is 5. The largest absolute Gasteiger partial charge is 0.378 e. The van der Waals surface area contributed by atoms with Gasteiger partial charge in [-0.15, -0.1) is 5.10 Å². The van der Waals surface area contributed by atoms with Crippen molar-refractivity contribution in [3.8, 4) is 0 Å². The minimum Gasteiger partial charge on any atom is -0.378 e. The molecule has 0 N–H and O–H groups in total. The van der Waals surface area contributed by atoms with E-state index in [0.717, 1.165) is 5.56 Å². The molecule has 1 atom stereocenters. The lowest BCUT2D eigenvalue weighted by molar-refractivity contribution is 0.0113. The summed E-state index contributed by atoms with van der Waals surface area (Å²) in [6.45, 7) is 6.74. The quantitative estimate of drug-likeness (QED) is 0.701. The van der Waals surface area contributed by atoms with Crippen LogP contribution in [0.15, 0.2) is 30.5 Å². The van der Waals surface area contributed by atoms with Gasteiger partial charge in [0, 0.05) is 32.1 Å². The number of likely N-dealkylation sites (tertiary alicyclic amines) is 1. The van der Waals surface area contributed by atoms with Crippen molar-refractivity contribution in [3.05, 3.63) is 47.3 Å². The molecule has 0 spiro atoms. The van der Waals surface area contributed by atoms with Crippen molar-refractivity contribution in [1.82, 2.24) is 24.8 Å². The van der Waals surface area contributed by atoms with Gasteiger partial charge >= 0.3 is 0 Å². The number of carbonyl (C=O) groups is 1. The fraction of sp³-hybridized carbons (Fsp3) is 0.591. The summed E-state index contributed by atoms with van der Waals surface area (Å²) in [6.07, 6.45) is 1.33. The highest BCUT2D eigenvalue weighted by atomic mass is 19.3. The molecule has 31 heavy (non-hydrogen) atoms. The molecule has 0 saturated carbocycles. The molecular weight excluding hydrogens is 404 g/mol. The Kier molecular flexibility index (Phi) is 6.34. The predicted octanol–water partition coefficient (Wildman–Crippen LogP) is 2.78. The number of rotatable bonds is 6. The monoisotopic (exact) mass is 433 g/mol.